The van der Waals surface area contributed by atoms with Gasteiger partial charge in [-0.05, 0) is 24.6 Å². The molecule has 0 saturated heterocycles. The van der Waals surface area contributed by atoms with Crippen LogP contribution in [0.25, 0.3) is 0 Å². The summed E-state index contributed by atoms with van der Waals surface area (Å²) in [6.45, 7) is 3.67. The highest BCUT2D eigenvalue weighted by molar-refractivity contribution is 7.09. The van der Waals surface area contributed by atoms with Crippen molar-refractivity contribution in [3.8, 4) is 0 Å². The van der Waals surface area contributed by atoms with E-state index in [9.17, 15) is 4.39 Å². The molecular weight excluding hydrogens is 235 g/mol. The molecule has 0 bridgehead atoms. The first kappa shape index (κ1) is 12.2. The fourth-order valence-electron chi connectivity index (χ4n) is 1.55. The van der Waals surface area contributed by atoms with Crippen LogP contribution >= 0.6 is 11.3 Å². The maximum Gasteiger partial charge on any atom is 0.123 e. The minimum absolute atomic E-state index is 0.188. The Morgan fingerprint density at radius 2 is 2.06 bits per heavy atom. The summed E-state index contributed by atoms with van der Waals surface area (Å²) in [6, 6.07) is 6.58. The number of hydrogen-bond donors (Lipinski definition) is 1. The Bertz CT molecular complexity index is 465. The number of hydrogen-bond acceptors (Lipinski definition) is 3. The first-order chi connectivity index (χ1) is 8.24. The summed E-state index contributed by atoms with van der Waals surface area (Å²) < 4.78 is 12.7. The zero-order valence-corrected chi connectivity index (χ0v) is 10.6. The summed E-state index contributed by atoms with van der Waals surface area (Å²) in [4.78, 5) is 4.40. The standard InChI is InChI=1S/C13H15FN2S/c1-10-9-17-13(16-10)6-7-15-8-11-2-4-12(14)5-3-11/h2-5,9,15H,6-8H2,1H3. The number of thiazole rings is 1. The molecule has 0 radical (unpaired) electrons. The Kier molecular flexibility index (Phi) is 4.23. The molecule has 0 aliphatic rings. The Balaban J connectivity index is 1.71. The summed E-state index contributed by atoms with van der Waals surface area (Å²) in [5.74, 6) is -0.188. The SMILES string of the molecule is Cc1csc(CCNCc2ccc(F)cc2)n1. The van der Waals surface area contributed by atoms with Crippen LogP contribution in [-0.4, -0.2) is 11.5 Å². The van der Waals surface area contributed by atoms with Crippen molar-refractivity contribution in [3.63, 3.8) is 0 Å². The van der Waals surface area contributed by atoms with Crippen molar-refractivity contribution < 1.29 is 4.39 Å². The molecule has 1 aromatic carbocycles. The fourth-order valence-corrected chi connectivity index (χ4v) is 2.32. The number of aromatic nitrogens is 1. The number of nitrogens with zero attached hydrogens (tertiary/aromatic N) is 1. The summed E-state index contributed by atoms with van der Waals surface area (Å²) in [5.41, 5.74) is 2.19. The van der Waals surface area contributed by atoms with Crippen LogP contribution in [0.5, 0.6) is 0 Å². The first-order valence-electron chi connectivity index (χ1n) is 5.60. The van der Waals surface area contributed by atoms with Gasteiger partial charge >= 0.3 is 0 Å². The van der Waals surface area contributed by atoms with Gasteiger partial charge < -0.3 is 5.32 Å². The summed E-state index contributed by atoms with van der Waals surface area (Å²) in [5, 5.41) is 6.55. The average Bonchev–Trinajstić information content (AvgIpc) is 2.73. The maximum atomic E-state index is 12.7. The van der Waals surface area contributed by atoms with Crippen LogP contribution in [0.4, 0.5) is 4.39 Å². The molecule has 0 saturated carbocycles. The summed E-state index contributed by atoms with van der Waals surface area (Å²) in [6.07, 6.45) is 0.944. The lowest BCUT2D eigenvalue weighted by Gasteiger charge is -2.03. The van der Waals surface area contributed by atoms with E-state index in [1.54, 1.807) is 23.5 Å². The van der Waals surface area contributed by atoms with E-state index >= 15 is 0 Å². The smallest absolute Gasteiger partial charge is 0.123 e. The van der Waals surface area contributed by atoms with E-state index in [1.165, 1.54) is 12.1 Å². The van der Waals surface area contributed by atoms with Crippen molar-refractivity contribution in [1.82, 2.24) is 10.3 Å². The highest BCUT2D eigenvalue weighted by Crippen LogP contribution is 2.08. The summed E-state index contributed by atoms with van der Waals surface area (Å²) in [7, 11) is 0. The van der Waals surface area contributed by atoms with Gasteiger partial charge in [0.05, 0.1) is 5.01 Å². The molecule has 0 unspecified atom stereocenters. The second-order valence-electron chi connectivity index (χ2n) is 3.94. The van der Waals surface area contributed by atoms with Gasteiger partial charge in [-0.25, -0.2) is 9.37 Å². The Labute approximate surface area is 105 Å². The van der Waals surface area contributed by atoms with Gasteiger partial charge in [-0.15, -0.1) is 11.3 Å². The zero-order valence-electron chi connectivity index (χ0n) is 9.74. The van der Waals surface area contributed by atoms with Crippen LogP contribution in [0, 0.1) is 12.7 Å². The molecule has 1 heterocycles. The van der Waals surface area contributed by atoms with Crippen molar-refractivity contribution in [3.05, 3.63) is 51.7 Å². The van der Waals surface area contributed by atoms with E-state index in [-0.39, 0.29) is 5.82 Å². The second kappa shape index (κ2) is 5.89. The van der Waals surface area contributed by atoms with Gasteiger partial charge in [0.25, 0.3) is 0 Å². The molecule has 2 nitrogen and oxygen atoms in total. The number of halogens is 1. The van der Waals surface area contributed by atoms with Crippen LogP contribution in [0.15, 0.2) is 29.6 Å². The Hall–Kier alpha value is -1.26. The predicted octanol–water partition coefficient (Wildman–Crippen LogP) is 2.92. The molecule has 2 rings (SSSR count). The number of benzene rings is 1. The Morgan fingerprint density at radius 1 is 1.29 bits per heavy atom. The number of aryl methyl sites for hydroxylation is 1. The predicted molar refractivity (Wildman–Crippen MR) is 68.7 cm³/mol. The van der Waals surface area contributed by atoms with Gasteiger partial charge in [-0.3, -0.25) is 0 Å². The van der Waals surface area contributed by atoms with Crippen LogP contribution in [0.3, 0.4) is 0 Å². The fraction of sp³-hybridized carbons (Fsp3) is 0.308. The van der Waals surface area contributed by atoms with E-state index in [0.717, 1.165) is 35.8 Å². The van der Waals surface area contributed by atoms with E-state index in [4.69, 9.17) is 0 Å². The van der Waals surface area contributed by atoms with E-state index in [2.05, 4.69) is 15.7 Å². The van der Waals surface area contributed by atoms with Gasteiger partial charge in [0.15, 0.2) is 0 Å². The molecule has 90 valence electrons. The zero-order chi connectivity index (χ0) is 12.1. The molecule has 0 spiro atoms. The lowest BCUT2D eigenvalue weighted by molar-refractivity contribution is 0.625. The van der Waals surface area contributed by atoms with Crippen molar-refractivity contribution in [2.45, 2.75) is 19.9 Å². The Morgan fingerprint density at radius 3 is 2.71 bits per heavy atom. The number of nitrogens with one attached hydrogen (secondary N) is 1. The molecule has 2 aromatic rings. The number of rotatable bonds is 5. The third-order valence-corrected chi connectivity index (χ3v) is 3.45. The van der Waals surface area contributed by atoms with Crippen LogP contribution in [0.2, 0.25) is 0 Å². The summed E-state index contributed by atoms with van der Waals surface area (Å²) >= 11 is 1.70. The second-order valence-corrected chi connectivity index (χ2v) is 4.88. The average molecular weight is 250 g/mol. The highest BCUT2D eigenvalue weighted by Gasteiger charge is 1.98. The molecule has 1 N–H and O–H groups in total. The van der Waals surface area contributed by atoms with Crippen LogP contribution < -0.4 is 5.32 Å². The van der Waals surface area contributed by atoms with Crippen LogP contribution in [0.1, 0.15) is 16.3 Å². The van der Waals surface area contributed by atoms with Gasteiger partial charge in [0.1, 0.15) is 5.82 Å². The lowest BCUT2D eigenvalue weighted by Crippen LogP contribution is -2.16. The third-order valence-electron chi connectivity index (χ3n) is 2.42. The normalized spacial score (nSPS) is 10.7. The van der Waals surface area contributed by atoms with Crippen LogP contribution in [-0.2, 0) is 13.0 Å². The minimum Gasteiger partial charge on any atom is -0.312 e. The van der Waals surface area contributed by atoms with Crippen molar-refractivity contribution in [2.24, 2.45) is 0 Å². The maximum absolute atomic E-state index is 12.7. The van der Waals surface area contributed by atoms with Gasteiger partial charge in [0.2, 0.25) is 0 Å². The lowest BCUT2D eigenvalue weighted by atomic mass is 10.2. The molecule has 0 aliphatic heterocycles. The molecule has 1 aromatic heterocycles. The van der Waals surface area contributed by atoms with Crippen molar-refractivity contribution >= 4 is 11.3 Å². The van der Waals surface area contributed by atoms with Gasteiger partial charge in [0, 0.05) is 30.6 Å². The molecule has 0 aliphatic carbocycles. The molecule has 0 fully saturated rings. The molecule has 0 amide bonds. The van der Waals surface area contributed by atoms with E-state index in [1.807, 2.05) is 6.92 Å². The first-order valence-corrected chi connectivity index (χ1v) is 6.48. The van der Waals surface area contributed by atoms with Crippen molar-refractivity contribution in [2.75, 3.05) is 6.54 Å². The third kappa shape index (κ3) is 3.91. The van der Waals surface area contributed by atoms with E-state index < -0.39 is 0 Å². The topological polar surface area (TPSA) is 24.9 Å². The monoisotopic (exact) mass is 250 g/mol. The van der Waals surface area contributed by atoms with E-state index in [0.29, 0.717) is 0 Å². The highest BCUT2D eigenvalue weighted by atomic mass is 32.1. The van der Waals surface area contributed by atoms with Gasteiger partial charge in [-0.1, -0.05) is 12.1 Å². The largest absolute Gasteiger partial charge is 0.312 e. The molecular formula is C13H15FN2S. The van der Waals surface area contributed by atoms with Gasteiger partial charge in [-0.2, -0.15) is 0 Å². The van der Waals surface area contributed by atoms with Crippen molar-refractivity contribution in [1.29, 1.82) is 0 Å². The molecule has 4 heteroatoms. The molecule has 17 heavy (non-hydrogen) atoms. The minimum atomic E-state index is -0.188. The molecule has 0 atom stereocenters. The quantitative estimate of drug-likeness (QED) is 0.825.